The summed E-state index contributed by atoms with van der Waals surface area (Å²) in [5.74, 6) is -5.20. The maximum absolute atomic E-state index is 13.0. The summed E-state index contributed by atoms with van der Waals surface area (Å²) < 4.78 is 30.8. The van der Waals surface area contributed by atoms with Crippen LogP contribution in [0.4, 0.5) is 8.78 Å². The summed E-state index contributed by atoms with van der Waals surface area (Å²) in [5.41, 5.74) is 4.82. The van der Waals surface area contributed by atoms with E-state index in [0.29, 0.717) is 5.39 Å². The monoisotopic (exact) mass is 251 g/mol. The van der Waals surface area contributed by atoms with Crippen molar-refractivity contribution in [1.82, 2.24) is 0 Å². The lowest BCUT2D eigenvalue weighted by Gasteiger charge is -2.13. The van der Waals surface area contributed by atoms with Crippen molar-refractivity contribution in [3.63, 3.8) is 0 Å². The average molecular weight is 251 g/mol. The summed E-state index contributed by atoms with van der Waals surface area (Å²) in [5, 5.41) is 1.40. The van der Waals surface area contributed by atoms with E-state index < -0.39 is 18.4 Å². The van der Waals surface area contributed by atoms with E-state index in [-0.39, 0.29) is 5.75 Å². The van der Waals surface area contributed by atoms with Crippen LogP contribution in [0.1, 0.15) is 0 Å². The van der Waals surface area contributed by atoms with Crippen molar-refractivity contribution in [3.05, 3.63) is 42.5 Å². The second kappa shape index (κ2) is 4.70. The lowest BCUT2D eigenvalue weighted by Crippen LogP contribution is -2.40. The van der Waals surface area contributed by atoms with Crippen LogP contribution in [-0.4, -0.2) is 18.4 Å². The van der Waals surface area contributed by atoms with E-state index in [1.807, 2.05) is 6.07 Å². The summed E-state index contributed by atoms with van der Waals surface area (Å²) in [6.07, 6.45) is 0. The first-order valence-electron chi connectivity index (χ1n) is 5.32. The quantitative estimate of drug-likeness (QED) is 0.673. The average Bonchev–Trinajstić information content (AvgIpc) is 2.39. The fourth-order valence-electron chi connectivity index (χ4n) is 1.54. The highest BCUT2D eigenvalue weighted by Crippen LogP contribution is 2.27. The summed E-state index contributed by atoms with van der Waals surface area (Å²) >= 11 is 0. The number of carbonyl (C=O) groups excluding carboxylic acids is 1. The molecule has 0 unspecified atom stereocenters. The third kappa shape index (κ3) is 2.31. The van der Waals surface area contributed by atoms with Crippen LogP contribution in [0.3, 0.4) is 0 Å². The Labute approximate surface area is 102 Å². The summed E-state index contributed by atoms with van der Waals surface area (Å²) in [7, 11) is 0. The Balaban J connectivity index is 2.36. The number of hydrogen-bond acceptors (Lipinski definition) is 3. The second-order valence-corrected chi connectivity index (χ2v) is 3.78. The second-order valence-electron chi connectivity index (χ2n) is 3.78. The third-order valence-corrected chi connectivity index (χ3v) is 2.51. The predicted molar refractivity (Wildman–Crippen MR) is 63.6 cm³/mol. The molecule has 2 aromatic carbocycles. The van der Waals surface area contributed by atoms with E-state index in [9.17, 15) is 13.6 Å². The Bertz CT molecular complexity index is 579. The third-order valence-electron chi connectivity index (χ3n) is 2.51. The van der Waals surface area contributed by atoms with Crippen molar-refractivity contribution >= 4 is 16.7 Å². The molecule has 0 atom stereocenters. The zero-order valence-electron chi connectivity index (χ0n) is 9.40. The van der Waals surface area contributed by atoms with Crippen LogP contribution in [0.5, 0.6) is 5.75 Å². The van der Waals surface area contributed by atoms with Gasteiger partial charge in [0.05, 0.1) is 6.54 Å². The number of ether oxygens (including phenoxy) is 1. The minimum Gasteiger partial charge on any atom is -0.421 e. The Morgan fingerprint density at radius 3 is 2.56 bits per heavy atom. The molecule has 0 amide bonds. The van der Waals surface area contributed by atoms with Crippen LogP contribution >= 0.6 is 0 Å². The molecular formula is C13H11F2NO2. The normalized spacial score (nSPS) is 11.5. The zero-order valence-corrected chi connectivity index (χ0v) is 9.40. The van der Waals surface area contributed by atoms with Crippen molar-refractivity contribution in [3.8, 4) is 5.75 Å². The minimum absolute atomic E-state index is 0.103. The molecule has 18 heavy (non-hydrogen) atoms. The van der Waals surface area contributed by atoms with Crippen molar-refractivity contribution in [2.45, 2.75) is 5.92 Å². The summed E-state index contributed by atoms with van der Waals surface area (Å²) in [6, 6.07) is 11.9. The lowest BCUT2D eigenvalue weighted by atomic mass is 10.1. The van der Waals surface area contributed by atoms with Gasteiger partial charge >= 0.3 is 11.9 Å². The molecule has 0 saturated carbocycles. The smallest absolute Gasteiger partial charge is 0.383 e. The molecule has 0 bridgehead atoms. The lowest BCUT2D eigenvalue weighted by molar-refractivity contribution is -0.159. The van der Waals surface area contributed by atoms with Gasteiger partial charge in [0.1, 0.15) is 5.75 Å². The topological polar surface area (TPSA) is 52.3 Å². The first kappa shape index (κ1) is 12.4. The number of alkyl halides is 2. The standard InChI is InChI=1S/C13H11F2NO2/c14-13(15,8-16)12(17)18-11-7-3-5-9-4-1-2-6-10(9)11/h1-7H,8,16H2. The Kier molecular flexibility index (Phi) is 3.25. The molecule has 94 valence electrons. The van der Waals surface area contributed by atoms with Gasteiger partial charge in [-0.25, -0.2) is 4.79 Å². The van der Waals surface area contributed by atoms with Crippen molar-refractivity contribution in [2.24, 2.45) is 5.73 Å². The van der Waals surface area contributed by atoms with Crippen LogP contribution in [0.2, 0.25) is 0 Å². The van der Waals surface area contributed by atoms with Crippen LogP contribution in [0, 0.1) is 0 Å². The number of hydrogen-bond donors (Lipinski definition) is 1. The number of benzene rings is 2. The molecule has 0 radical (unpaired) electrons. The van der Waals surface area contributed by atoms with Gasteiger partial charge in [-0.2, -0.15) is 8.78 Å². The number of fused-ring (bicyclic) bond motifs is 1. The molecule has 0 heterocycles. The van der Waals surface area contributed by atoms with Crippen molar-refractivity contribution in [2.75, 3.05) is 6.54 Å². The van der Waals surface area contributed by atoms with Crippen molar-refractivity contribution in [1.29, 1.82) is 0 Å². The molecule has 0 fully saturated rings. The van der Waals surface area contributed by atoms with Gasteiger partial charge in [-0.15, -0.1) is 0 Å². The molecule has 3 nitrogen and oxygen atoms in total. The van der Waals surface area contributed by atoms with Crippen LogP contribution in [0.25, 0.3) is 10.8 Å². The molecule has 2 aromatic rings. The van der Waals surface area contributed by atoms with E-state index in [4.69, 9.17) is 10.5 Å². The van der Waals surface area contributed by atoms with Crippen LogP contribution in [0.15, 0.2) is 42.5 Å². The maximum atomic E-state index is 13.0. The molecule has 0 aliphatic heterocycles. The van der Waals surface area contributed by atoms with E-state index >= 15 is 0 Å². The Hall–Kier alpha value is -2.01. The molecule has 0 aliphatic carbocycles. The Morgan fingerprint density at radius 2 is 1.83 bits per heavy atom. The molecule has 0 saturated heterocycles. The molecule has 0 aromatic heterocycles. The molecular weight excluding hydrogens is 240 g/mol. The Morgan fingerprint density at radius 1 is 1.17 bits per heavy atom. The highest BCUT2D eigenvalue weighted by atomic mass is 19.3. The first-order chi connectivity index (χ1) is 8.54. The van der Waals surface area contributed by atoms with Gasteiger partial charge in [0.25, 0.3) is 0 Å². The highest BCUT2D eigenvalue weighted by Gasteiger charge is 2.39. The fourth-order valence-corrected chi connectivity index (χ4v) is 1.54. The molecule has 2 rings (SSSR count). The van der Waals surface area contributed by atoms with Gasteiger partial charge in [-0.3, -0.25) is 0 Å². The van der Waals surface area contributed by atoms with Gasteiger partial charge in [-0.05, 0) is 11.5 Å². The summed E-state index contributed by atoms with van der Waals surface area (Å²) in [6.45, 7) is -1.07. The summed E-state index contributed by atoms with van der Waals surface area (Å²) in [4.78, 5) is 11.3. The van der Waals surface area contributed by atoms with E-state index in [1.165, 1.54) is 6.07 Å². The number of esters is 1. The van der Waals surface area contributed by atoms with Crippen molar-refractivity contribution < 1.29 is 18.3 Å². The van der Waals surface area contributed by atoms with E-state index in [1.54, 1.807) is 30.3 Å². The molecule has 5 heteroatoms. The molecule has 0 spiro atoms. The van der Waals surface area contributed by atoms with Gasteiger partial charge in [-0.1, -0.05) is 36.4 Å². The first-order valence-corrected chi connectivity index (χ1v) is 5.32. The van der Waals surface area contributed by atoms with E-state index in [2.05, 4.69) is 0 Å². The molecule has 0 aliphatic rings. The number of carbonyl (C=O) groups is 1. The fraction of sp³-hybridized carbons (Fsp3) is 0.154. The predicted octanol–water partition coefficient (Wildman–Crippen LogP) is 2.34. The SMILES string of the molecule is NCC(F)(F)C(=O)Oc1cccc2ccccc12. The molecule has 2 N–H and O–H groups in total. The van der Waals surface area contributed by atoms with Gasteiger partial charge < -0.3 is 10.5 Å². The van der Waals surface area contributed by atoms with Gasteiger partial charge in [0, 0.05) is 5.39 Å². The number of nitrogens with two attached hydrogens (primary N) is 1. The van der Waals surface area contributed by atoms with Crippen LogP contribution in [-0.2, 0) is 4.79 Å². The maximum Gasteiger partial charge on any atom is 0.383 e. The van der Waals surface area contributed by atoms with Gasteiger partial charge in [0.15, 0.2) is 0 Å². The zero-order chi connectivity index (χ0) is 13.2. The van der Waals surface area contributed by atoms with Gasteiger partial charge in [0.2, 0.25) is 0 Å². The van der Waals surface area contributed by atoms with E-state index in [0.717, 1.165) is 5.39 Å². The highest BCUT2D eigenvalue weighted by molar-refractivity contribution is 5.91. The number of rotatable bonds is 3. The van der Waals surface area contributed by atoms with Crippen LogP contribution < -0.4 is 10.5 Å². The minimum atomic E-state index is -3.67. The largest absolute Gasteiger partial charge is 0.421 e. The number of halogens is 2.